The second-order valence-corrected chi connectivity index (χ2v) is 8.05. The van der Waals surface area contributed by atoms with Crippen LogP contribution in [0.3, 0.4) is 0 Å². The van der Waals surface area contributed by atoms with Gasteiger partial charge in [0.1, 0.15) is 5.60 Å². The maximum Gasteiger partial charge on any atom is 0.310 e. The molecule has 3 rings (SSSR count). The summed E-state index contributed by atoms with van der Waals surface area (Å²) in [7, 11) is 0. The van der Waals surface area contributed by atoms with E-state index in [1.165, 1.54) is 5.57 Å². The van der Waals surface area contributed by atoms with Gasteiger partial charge in [-0.2, -0.15) is 0 Å². The van der Waals surface area contributed by atoms with Gasteiger partial charge < -0.3 is 4.74 Å². The summed E-state index contributed by atoms with van der Waals surface area (Å²) in [5.74, 6) is 0.499. The highest BCUT2D eigenvalue weighted by Crippen LogP contribution is 2.61. The van der Waals surface area contributed by atoms with E-state index in [1.54, 1.807) is 0 Å². The molecule has 1 aromatic carbocycles. The maximum atomic E-state index is 12.8. The zero-order valence-corrected chi connectivity index (χ0v) is 14.8. The van der Waals surface area contributed by atoms with Crippen LogP contribution in [0.4, 0.5) is 0 Å². The lowest BCUT2D eigenvalue weighted by molar-refractivity contribution is -0.163. The van der Waals surface area contributed by atoms with Crippen LogP contribution in [0, 0.1) is 17.3 Å². The maximum absolute atomic E-state index is 12.8. The van der Waals surface area contributed by atoms with Gasteiger partial charge in [0.05, 0.1) is 5.92 Å². The van der Waals surface area contributed by atoms with Crippen molar-refractivity contribution in [2.75, 3.05) is 0 Å². The first-order chi connectivity index (χ1) is 10.8. The summed E-state index contributed by atoms with van der Waals surface area (Å²) in [6, 6.07) is 10.2. The van der Waals surface area contributed by atoms with Crippen molar-refractivity contribution in [2.24, 2.45) is 17.3 Å². The molecule has 2 aliphatic rings. The number of cyclic esters (lactones) is 1. The third-order valence-corrected chi connectivity index (χ3v) is 5.98. The van der Waals surface area contributed by atoms with E-state index < -0.39 is 5.60 Å². The zero-order valence-electron chi connectivity index (χ0n) is 14.8. The molecule has 0 saturated heterocycles. The van der Waals surface area contributed by atoms with Crippen molar-refractivity contribution in [1.82, 2.24) is 0 Å². The van der Waals surface area contributed by atoms with E-state index in [0.717, 1.165) is 31.2 Å². The fourth-order valence-electron chi connectivity index (χ4n) is 4.16. The fourth-order valence-corrected chi connectivity index (χ4v) is 4.16. The highest BCUT2D eigenvalue weighted by molar-refractivity contribution is 5.78. The Morgan fingerprint density at radius 1 is 1.13 bits per heavy atom. The van der Waals surface area contributed by atoms with E-state index in [9.17, 15) is 4.79 Å². The predicted molar refractivity (Wildman–Crippen MR) is 92.9 cm³/mol. The second-order valence-electron chi connectivity index (χ2n) is 8.05. The number of ether oxygens (including phenoxy) is 1. The Hall–Kier alpha value is -1.57. The molecule has 0 aromatic heterocycles. The van der Waals surface area contributed by atoms with E-state index in [4.69, 9.17) is 4.74 Å². The minimum atomic E-state index is -0.539. The molecule has 1 aromatic rings. The molecule has 1 heterocycles. The molecule has 0 N–H and O–H groups in total. The van der Waals surface area contributed by atoms with Crippen molar-refractivity contribution in [1.29, 1.82) is 0 Å². The van der Waals surface area contributed by atoms with Crippen LogP contribution >= 0.6 is 0 Å². The van der Waals surface area contributed by atoms with Crippen molar-refractivity contribution in [3.05, 3.63) is 47.5 Å². The highest BCUT2D eigenvalue weighted by Gasteiger charge is 2.62. The number of allylic oxidation sites excluding steroid dienone is 2. The van der Waals surface area contributed by atoms with Gasteiger partial charge >= 0.3 is 5.97 Å². The summed E-state index contributed by atoms with van der Waals surface area (Å²) < 4.78 is 6.11. The zero-order chi connectivity index (χ0) is 16.7. The van der Waals surface area contributed by atoms with Gasteiger partial charge in [-0.15, -0.1) is 0 Å². The van der Waals surface area contributed by atoms with Crippen molar-refractivity contribution in [2.45, 2.75) is 59.0 Å². The Bertz CT molecular complexity index is 614. The topological polar surface area (TPSA) is 26.3 Å². The minimum absolute atomic E-state index is 0.00842. The third-order valence-electron chi connectivity index (χ3n) is 5.98. The van der Waals surface area contributed by atoms with E-state index in [0.29, 0.717) is 5.92 Å². The van der Waals surface area contributed by atoms with Gasteiger partial charge in [-0.05, 0) is 56.4 Å². The summed E-state index contributed by atoms with van der Waals surface area (Å²) in [5.41, 5.74) is 2.07. The Morgan fingerprint density at radius 2 is 1.83 bits per heavy atom. The summed E-state index contributed by atoms with van der Waals surface area (Å²) in [6.45, 7) is 8.68. The molecule has 0 amide bonds. The summed E-state index contributed by atoms with van der Waals surface area (Å²) in [6.07, 6.45) is 6.29. The highest BCUT2D eigenvalue weighted by atomic mass is 16.6. The average Bonchev–Trinajstić information content (AvgIpc) is 3.07. The van der Waals surface area contributed by atoms with Gasteiger partial charge in [-0.1, -0.05) is 55.8 Å². The van der Waals surface area contributed by atoms with Crippen LogP contribution in [0.15, 0.2) is 42.0 Å². The molecule has 1 saturated carbocycles. The Balaban J connectivity index is 1.91. The summed E-state index contributed by atoms with van der Waals surface area (Å²) >= 11 is 0. The average molecular weight is 312 g/mol. The number of hydrogen-bond donors (Lipinski definition) is 0. The van der Waals surface area contributed by atoms with E-state index in [2.05, 4.69) is 45.9 Å². The van der Waals surface area contributed by atoms with Gasteiger partial charge in [-0.25, -0.2) is 0 Å². The molecule has 1 unspecified atom stereocenters. The summed E-state index contributed by atoms with van der Waals surface area (Å²) in [4.78, 5) is 12.8. The molecule has 0 radical (unpaired) electrons. The van der Waals surface area contributed by atoms with Gasteiger partial charge in [-0.3, -0.25) is 4.79 Å². The molecule has 0 bridgehead atoms. The molecule has 2 heteroatoms. The number of esters is 1. The molecule has 2 nitrogen and oxygen atoms in total. The molecular weight excluding hydrogens is 284 g/mol. The Kier molecular flexibility index (Phi) is 4.12. The van der Waals surface area contributed by atoms with Gasteiger partial charge in [0.2, 0.25) is 0 Å². The van der Waals surface area contributed by atoms with Crippen LogP contribution in [0.2, 0.25) is 0 Å². The second kappa shape index (κ2) is 5.81. The van der Waals surface area contributed by atoms with Crippen molar-refractivity contribution >= 4 is 5.97 Å². The molecule has 1 aliphatic carbocycles. The minimum Gasteiger partial charge on any atom is -0.454 e. The lowest BCUT2D eigenvalue weighted by atomic mass is 9.90. The fraction of sp³-hybridized carbons (Fsp3) is 0.571. The molecular formula is C21H28O2. The Morgan fingerprint density at radius 3 is 2.52 bits per heavy atom. The number of rotatable bonds is 1. The van der Waals surface area contributed by atoms with E-state index >= 15 is 0 Å². The molecule has 1 fully saturated rings. The SMILES string of the molecule is C/C1=C/CCC(C)(c2ccccc2)OC(=O)[C@H]2[C@@H](CC1)C2(C)C. The quantitative estimate of drug-likeness (QED) is 0.524. The first-order valence-corrected chi connectivity index (χ1v) is 8.78. The standard InChI is InChI=1S/C21H28O2/c1-15-9-8-14-21(4,16-10-6-5-7-11-16)23-19(22)18-17(13-12-15)20(18,2)3/h5-7,9-11,17-18H,8,12-14H2,1-4H3/b15-9-/t17-,18-,21?/m1/s1. The van der Waals surface area contributed by atoms with Crippen LogP contribution in [0.1, 0.15) is 58.9 Å². The first-order valence-electron chi connectivity index (χ1n) is 8.78. The lowest BCUT2D eigenvalue weighted by Crippen LogP contribution is -2.30. The van der Waals surface area contributed by atoms with Crippen molar-refractivity contribution < 1.29 is 9.53 Å². The lowest BCUT2D eigenvalue weighted by Gasteiger charge is -2.30. The molecule has 3 atom stereocenters. The van der Waals surface area contributed by atoms with E-state index in [-0.39, 0.29) is 17.3 Å². The van der Waals surface area contributed by atoms with Crippen molar-refractivity contribution in [3.8, 4) is 0 Å². The largest absolute Gasteiger partial charge is 0.454 e. The molecule has 124 valence electrons. The predicted octanol–water partition coefficient (Wildman–Crippen LogP) is 5.24. The number of fused-ring (bicyclic) bond motifs is 1. The first kappa shape index (κ1) is 16.3. The van der Waals surface area contributed by atoms with Gasteiger partial charge in [0, 0.05) is 0 Å². The van der Waals surface area contributed by atoms with Crippen molar-refractivity contribution in [3.63, 3.8) is 0 Å². The number of carbonyl (C=O) groups excluding carboxylic acids is 1. The molecule has 1 aliphatic heterocycles. The smallest absolute Gasteiger partial charge is 0.310 e. The van der Waals surface area contributed by atoms with E-state index in [1.807, 2.05) is 18.2 Å². The van der Waals surface area contributed by atoms with Crippen LogP contribution in [-0.4, -0.2) is 5.97 Å². The molecule has 0 spiro atoms. The monoisotopic (exact) mass is 312 g/mol. The van der Waals surface area contributed by atoms with Crippen LogP contribution in [-0.2, 0) is 15.1 Å². The van der Waals surface area contributed by atoms with Crippen LogP contribution < -0.4 is 0 Å². The number of benzene rings is 1. The van der Waals surface area contributed by atoms with Gasteiger partial charge in [0.25, 0.3) is 0 Å². The van der Waals surface area contributed by atoms with Gasteiger partial charge in [0.15, 0.2) is 0 Å². The number of carbonyl (C=O) groups is 1. The number of hydrogen-bond acceptors (Lipinski definition) is 2. The normalized spacial score (nSPS) is 36.0. The van der Waals surface area contributed by atoms with Crippen LogP contribution in [0.25, 0.3) is 0 Å². The third kappa shape index (κ3) is 3.08. The Labute approximate surface area is 139 Å². The molecule has 23 heavy (non-hydrogen) atoms. The summed E-state index contributed by atoms with van der Waals surface area (Å²) in [5, 5.41) is 0. The van der Waals surface area contributed by atoms with Crippen LogP contribution in [0.5, 0.6) is 0 Å².